The lowest BCUT2D eigenvalue weighted by Gasteiger charge is -2.16. The molecule has 1 atom stereocenters. The summed E-state index contributed by atoms with van der Waals surface area (Å²) in [5.41, 5.74) is 4.88. The molecule has 3 nitrogen and oxygen atoms in total. The van der Waals surface area contributed by atoms with Crippen molar-refractivity contribution in [2.24, 2.45) is 16.0 Å². The summed E-state index contributed by atoms with van der Waals surface area (Å²) in [7, 11) is 0. The largest absolute Gasteiger partial charge is 0.261 e. The molecule has 2 rings (SSSR count). The quantitative estimate of drug-likeness (QED) is 0.632. The molecule has 0 fully saturated rings. The van der Waals surface area contributed by atoms with E-state index in [0.717, 1.165) is 28.7 Å². The Morgan fingerprint density at radius 2 is 2.17 bits per heavy atom. The van der Waals surface area contributed by atoms with E-state index < -0.39 is 0 Å². The van der Waals surface area contributed by atoms with Gasteiger partial charge in [0.1, 0.15) is 0 Å². The molecule has 0 amide bonds. The minimum absolute atomic E-state index is 0.618. The van der Waals surface area contributed by atoms with Crippen molar-refractivity contribution in [3.05, 3.63) is 33.8 Å². The Balaban J connectivity index is 1.89. The van der Waals surface area contributed by atoms with Crippen LogP contribution in [0.3, 0.4) is 0 Å². The SMILES string of the molecule is CCCCC[C@@H](C)CN=C1NN=C(c2ccc(Cl)cc2Cl)CS1. The molecule has 126 valence electrons. The smallest absolute Gasteiger partial charge is 0.177 e. The van der Waals surface area contributed by atoms with Crippen LogP contribution in [0.1, 0.15) is 45.1 Å². The third-order valence-corrected chi connectivity index (χ3v) is 5.18. The van der Waals surface area contributed by atoms with Crippen LogP contribution in [0, 0.1) is 5.92 Å². The number of amidine groups is 1. The first-order valence-corrected chi connectivity index (χ1v) is 9.79. The summed E-state index contributed by atoms with van der Waals surface area (Å²) < 4.78 is 0. The lowest BCUT2D eigenvalue weighted by molar-refractivity contribution is 0.505. The van der Waals surface area contributed by atoms with Crippen LogP contribution in [0.15, 0.2) is 28.3 Å². The van der Waals surface area contributed by atoms with Gasteiger partial charge >= 0.3 is 0 Å². The molecule has 23 heavy (non-hydrogen) atoms. The molecule has 1 aromatic rings. The molecule has 0 spiro atoms. The molecular formula is C17H23Cl2N3S. The molecule has 1 aliphatic rings. The standard InChI is InChI=1S/C17H23Cl2N3S/c1-3-4-5-6-12(2)10-20-17-22-21-16(11-23-17)14-8-7-13(18)9-15(14)19/h7-9,12H,3-6,10-11H2,1-2H3,(H,20,22)/t12-/m1/s1. The summed E-state index contributed by atoms with van der Waals surface area (Å²) in [6.45, 7) is 5.34. The molecule has 0 aliphatic carbocycles. The molecule has 0 bridgehead atoms. The van der Waals surface area contributed by atoms with Crippen molar-refractivity contribution in [2.75, 3.05) is 12.3 Å². The van der Waals surface area contributed by atoms with E-state index in [2.05, 4.69) is 29.4 Å². The number of nitrogens with zero attached hydrogens (tertiary/aromatic N) is 2. The Bertz CT molecular complexity index is 587. The number of hydrogen-bond donors (Lipinski definition) is 1. The Morgan fingerprint density at radius 3 is 2.83 bits per heavy atom. The third kappa shape index (κ3) is 6.02. The van der Waals surface area contributed by atoms with E-state index in [4.69, 9.17) is 23.2 Å². The molecule has 1 heterocycles. The summed E-state index contributed by atoms with van der Waals surface area (Å²) in [5, 5.41) is 6.57. The van der Waals surface area contributed by atoms with Crippen LogP contribution in [0.2, 0.25) is 10.0 Å². The second-order valence-corrected chi connectivity index (χ2v) is 7.64. The Kier molecular flexibility index (Phi) is 7.74. The Morgan fingerprint density at radius 1 is 1.35 bits per heavy atom. The average Bonchev–Trinajstić information content (AvgIpc) is 2.54. The number of rotatable bonds is 7. The van der Waals surface area contributed by atoms with Crippen molar-refractivity contribution in [1.82, 2.24) is 5.43 Å². The van der Waals surface area contributed by atoms with Gasteiger partial charge in [-0.1, -0.05) is 74.1 Å². The number of thioether (sulfide) groups is 1. The van der Waals surface area contributed by atoms with Gasteiger partial charge in [0.05, 0.1) is 10.7 Å². The van der Waals surface area contributed by atoms with Gasteiger partial charge in [-0.2, -0.15) is 5.10 Å². The first-order valence-electron chi connectivity index (χ1n) is 8.05. The number of aliphatic imine (C=N–C) groups is 1. The van der Waals surface area contributed by atoms with Gasteiger partial charge < -0.3 is 0 Å². The Hall–Kier alpha value is -0.710. The van der Waals surface area contributed by atoms with E-state index >= 15 is 0 Å². The van der Waals surface area contributed by atoms with Crippen molar-refractivity contribution >= 4 is 45.8 Å². The first-order chi connectivity index (χ1) is 11.1. The van der Waals surface area contributed by atoms with Crippen molar-refractivity contribution in [3.8, 4) is 0 Å². The van der Waals surface area contributed by atoms with E-state index in [-0.39, 0.29) is 0 Å². The number of hydrogen-bond acceptors (Lipinski definition) is 3. The number of nitrogens with one attached hydrogen (secondary N) is 1. The monoisotopic (exact) mass is 371 g/mol. The van der Waals surface area contributed by atoms with E-state index in [1.54, 1.807) is 17.8 Å². The number of benzene rings is 1. The van der Waals surface area contributed by atoms with Gasteiger partial charge in [0.25, 0.3) is 0 Å². The maximum Gasteiger partial charge on any atom is 0.177 e. The van der Waals surface area contributed by atoms with Crippen LogP contribution in [0.5, 0.6) is 0 Å². The van der Waals surface area contributed by atoms with Crippen molar-refractivity contribution in [1.29, 1.82) is 0 Å². The zero-order valence-electron chi connectivity index (χ0n) is 13.6. The van der Waals surface area contributed by atoms with Crippen LogP contribution < -0.4 is 5.43 Å². The predicted octanol–water partition coefficient (Wildman–Crippen LogP) is 5.61. The molecule has 0 unspecified atom stereocenters. The Labute approximate surface area is 152 Å². The molecule has 0 radical (unpaired) electrons. The molecule has 1 aromatic carbocycles. The molecule has 0 saturated heterocycles. The summed E-state index contributed by atoms with van der Waals surface area (Å²) in [6.07, 6.45) is 5.11. The average molecular weight is 372 g/mol. The lowest BCUT2D eigenvalue weighted by Crippen LogP contribution is -2.26. The summed E-state index contributed by atoms with van der Waals surface area (Å²) in [4.78, 5) is 4.63. The number of hydrazone groups is 1. The van der Waals surface area contributed by atoms with Crippen LogP contribution in [0.4, 0.5) is 0 Å². The zero-order chi connectivity index (χ0) is 16.7. The van der Waals surface area contributed by atoms with Gasteiger partial charge in [-0.15, -0.1) is 0 Å². The highest BCUT2D eigenvalue weighted by Crippen LogP contribution is 2.24. The highest BCUT2D eigenvalue weighted by Gasteiger charge is 2.15. The molecule has 0 saturated carbocycles. The molecule has 0 aromatic heterocycles. The van der Waals surface area contributed by atoms with Gasteiger partial charge in [-0.3, -0.25) is 10.4 Å². The maximum atomic E-state index is 6.23. The van der Waals surface area contributed by atoms with Crippen molar-refractivity contribution in [3.63, 3.8) is 0 Å². The highest BCUT2D eigenvalue weighted by atomic mass is 35.5. The molecule has 1 N–H and O–H groups in total. The second-order valence-electron chi connectivity index (χ2n) is 5.83. The van der Waals surface area contributed by atoms with Gasteiger partial charge in [-0.05, 0) is 24.5 Å². The third-order valence-electron chi connectivity index (χ3n) is 3.72. The van der Waals surface area contributed by atoms with E-state index in [1.165, 1.54) is 25.7 Å². The van der Waals surface area contributed by atoms with E-state index in [9.17, 15) is 0 Å². The minimum Gasteiger partial charge on any atom is -0.261 e. The fraction of sp³-hybridized carbons (Fsp3) is 0.529. The van der Waals surface area contributed by atoms with Crippen LogP contribution in [-0.2, 0) is 0 Å². The summed E-state index contributed by atoms with van der Waals surface area (Å²) in [5.74, 6) is 1.38. The van der Waals surface area contributed by atoms with Crippen LogP contribution >= 0.6 is 35.0 Å². The maximum absolute atomic E-state index is 6.23. The number of unbranched alkanes of at least 4 members (excludes halogenated alkanes) is 2. The fourth-order valence-electron chi connectivity index (χ4n) is 2.33. The first kappa shape index (κ1) is 18.6. The van der Waals surface area contributed by atoms with E-state index in [0.29, 0.717) is 16.0 Å². The second kappa shape index (κ2) is 9.55. The van der Waals surface area contributed by atoms with E-state index in [1.807, 2.05) is 12.1 Å². The summed E-state index contributed by atoms with van der Waals surface area (Å²) >= 11 is 13.8. The summed E-state index contributed by atoms with van der Waals surface area (Å²) in [6, 6.07) is 5.48. The zero-order valence-corrected chi connectivity index (χ0v) is 15.9. The molecular weight excluding hydrogens is 349 g/mol. The molecule has 1 aliphatic heterocycles. The fourth-order valence-corrected chi connectivity index (χ4v) is 3.62. The number of halogens is 2. The van der Waals surface area contributed by atoms with Crippen LogP contribution in [-0.4, -0.2) is 23.2 Å². The van der Waals surface area contributed by atoms with Gasteiger partial charge in [-0.25, -0.2) is 0 Å². The topological polar surface area (TPSA) is 36.8 Å². The van der Waals surface area contributed by atoms with Gasteiger partial charge in [0, 0.05) is 22.9 Å². The molecule has 6 heteroatoms. The lowest BCUT2D eigenvalue weighted by atomic mass is 10.0. The van der Waals surface area contributed by atoms with Crippen LogP contribution in [0.25, 0.3) is 0 Å². The predicted molar refractivity (Wildman–Crippen MR) is 104 cm³/mol. The van der Waals surface area contributed by atoms with Gasteiger partial charge in [0.15, 0.2) is 5.17 Å². The van der Waals surface area contributed by atoms with Crippen molar-refractivity contribution < 1.29 is 0 Å². The van der Waals surface area contributed by atoms with Gasteiger partial charge in [0.2, 0.25) is 0 Å². The highest BCUT2D eigenvalue weighted by molar-refractivity contribution is 8.14. The minimum atomic E-state index is 0.618. The normalized spacial score (nSPS) is 17.7. The van der Waals surface area contributed by atoms with Crippen molar-refractivity contribution in [2.45, 2.75) is 39.5 Å².